The molecular weight excluding hydrogens is 356 g/mol. The van der Waals surface area contributed by atoms with E-state index in [-0.39, 0.29) is 12.5 Å². The molecule has 1 aliphatic heterocycles. The number of aromatic nitrogens is 1. The number of imide groups is 1. The molecule has 1 atom stereocenters. The lowest BCUT2D eigenvalue weighted by Gasteiger charge is -2.22. The van der Waals surface area contributed by atoms with Crippen molar-refractivity contribution in [1.82, 2.24) is 15.2 Å². The Balaban J connectivity index is 1.54. The lowest BCUT2D eigenvalue weighted by Crippen LogP contribution is -2.43. The highest BCUT2D eigenvalue weighted by molar-refractivity contribution is 6.11. The summed E-state index contributed by atoms with van der Waals surface area (Å²) in [6, 6.07) is 8.96. The molecule has 0 radical (unpaired) electrons. The highest BCUT2D eigenvalue weighted by Crippen LogP contribution is 2.41. The van der Waals surface area contributed by atoms with Crippen LogP contribution in [0.15, 0.2) is 30.3 Å². The third kappa shape index (κ3) is 2.74. The fraction of sp³-hybridized carbons (Fsp3) is 0.333. The molecule has 2 heterocycles. The topological polar surface area (TPSA) is 91.4 Å². The number of benzene rings is 1. The minimum Gasteiger partial charge on any atom is -0.323 e. The van der Waals surface area contributed by atoms with E-state index in [4.69, 9.17) is 0 Å². The van der Waals surface area contributed by atoms with E-state index in [0.29, 0.717) is 17.8 Å². The number of aryl methyl sites for hydroxylation is 4. The van der Waals surface area contributed by atoms with Crippen LogP contribution < -0.4 is 10.6 Å². The zero-order chi connectivity index (χ0) is 20.1. The average molecular weight is 378 g/mol. The Morgan fingerprint density at radius 1 is 1.25 bits per heavy atom. The van der Waals surface area contributed by atoms with Crippen LogP contribution in [0.3, 0.4) is 0 Å². The molecule has 2 N–H and O–H groups in total. The summed E-state index contributed by atoms with van der Waals surface area (Å²) in [4.78, 5) is 43.6. The van der Waals surface area contributed by atoms with E-state index in [1.54, 1.807) is 0 Å². The van der Waals surface area contributed by atoms with E-state index in [0.717, 1.165) is 33.7 Å². The molecule has 1 aromatic carbocycles. The molecule has 1 aromatic heterocycles. The molecule has 4 rings (SSSR count). The normalized spacial score (nSPS) is 20.5. The maximum atomic E-state index is 13.1. The van der Waals surface area contributed by atoms with E-state index in [1.807, 2.05) is 51.1 Å². The molecule has 1 spiro atoms. The number of nitrogens with zero attached hydrogens (tertiary/aromatic N) is 2. The van der Waals surface area contributed by atoms with Gasteiger partial charge in [0, 0.05) is 5.69 Å². The molecule has 7 nitrogen and oxygen atoms in total. The SMILES string of the molecule is Cc1cc(C)c(NC(=O)CN2C(=O)NC3(CCc4ccccc43)C2=O)c(C)n1. The first-order valence-electron chi connectivity index (χ1n) is 9.29. The van der Waals surface area contributed by atoms with Crippen molar-refractivity contribution in [2.24, 2.45) is 0 Å². The van der Waals surface area contributed by atoms with Crippen molar-refractivity contribution in [2.75, 3.05) is 11.9 Å². The smallest absolute Gasteiger partial charge is 0.323 e. The molecule has 2 aliphatic rings. The summed E-state index contributed by atoms with van der Waals surface area (Å²) in [7, 11) is 0. The number of hydrogen-bond donors (Lipinski definition) is 2. The summed E-state index contributed by atoms with van der Waals surface area (Å²) in [6.45, 7) is 5.25. The van der Waals surface area contributed by atoms with Gasteiger partial charge in [-0.05, 0) is 56.4 Å². The average Bonchev–Trinajstić information content (AvgIpc) is 3.12. The van der Waals surface area contributed by atoms with Gasteiger partial charge >= 0.3 is 6.03 Å². The van der Waals surface area contributed by atoms with Crippen molar-refractivity contribution in [1.29, 1.82) is 0 Å². The first kappa shape index (κ1) is 18.2. The van der Waals surface area contributed by atoms with E-state index in [2.05, 4.69) is 15.6 Å². The minimum absolute atomic E-state index is 0.332. The lowest BCUT2D eigenvalue weighted by atomic mass is 9.92. The van der Waals surface area contributed by atoms with Crippen LogP contribution in [0.2, 0.25) is 0 Å². The molecular formula is C21H22N4O3. The second-order valence-electron chi connectivity index (χ2n) is 7.47. The van der Waals surface area contributed by atoms with Gasteiger partial charge in [-0.3, -0.25) is 19.5 Å². The number of pyridine rings is 1. The summed E-state index contributed by atoms with van der Waals surface area (Å²) in [5.74, 6) is -0.795. The van der Waals surface area contributed by atoms with Crippen LogP contribution >= 0.6 is 0 Å². The number of carbonyl (C=O) groups excluding carboxylic acids is 3. The number of amides is 4. The Kier molecular flexibility index (Phi) is 4.18. The van der Waals surface area contributed by atoms with Crippen molar-refractivity contribution in [3.63, 3.8) is 0 Å². The highest BCUT2D eigenvalue weighted by Gasteiger charge is 2.55. The van der Waals surface area contributed by atoms with E-state index in [9.17, 15) is 14.4 Å². The van der Waals surface area contributed by atoms with Gasteiger partial charge in [0.1, 0.15) is 12.1 Å². The number of hydrogen-bond acceptors (Lipinski definition) is 4. The number of urea groups is 1. The summed E-state index contributed by atoms with van der Waals surface area (Å²) in [5, 5.41) is 5.63. The monoisotopic (exact) mass is 378 g/mol. The Labute approximate surface area is 163 Å². The number of nitrogens with one attached hydrogen (secondary N) is 2. The molecule has 1 saturated heterocycles. The third-order valence-electron chi connectivity index (χ3n) is 5.51. The van der Waals surface area contributed by atoms with Gasteiger partial charge in [0.2, 0.25) is 5.91 Å². The van der Waals surface area contributed by atoms with Gasteiger partial charge in [-0.15, -0.1) is 0 Å². The van der Waals surface area contributed by atoms with Crippen LogP contribution in [0.1, 0.15) is 34.5 Å². The fourth-order valence-electron chi connectivity index (χ4n) is 4.27. The molecule has 1 fully saturated rings. The van der Waals surface area contributed by atoms with Crippen molar-refractivity contribution < 1.29 is 14.4 Å². The number of carbonyl (C=O) groups is 3. The van der Waals surface area contributed by atoms with E-state index < -0.39 is 17.5 Å². The molecule has 144 valence electrons. The second-order valence-corrected chi connectivity index (χ2v) is 7.47. The second kappa shape index (κ2) is 6.44. The van der Waals surface area contributed by atoms with Crippen LogP contribution in [0, 0.1) is 20.8 Å². The van der Waals surface area contributed by atoms with Crippen molar-refractivity contribution >= 4 is 23.5 Å². The maximum absolute atomic E-state index is 13.1. The minimum atomic E-state index is -1.05. The van der Waals surface area contributed by atoms with Crippen molar-refractivity contribution in [3.05, 3.63) is 58.4 Å². The zero-order valence-corrected chi connectivity index (χ0v) is 16.1. The first-order chi connectivity index (χ1) is 13.3. The van der Waals surface area contributed by atoms with E-state index >= 15 is 0 Å². The van der Waals surface area contributed by atoms with Crippen LogP contribution in [0.5, 0.6) is 0 Å². The van der Waals surface area contributed by atoms with Crippen LogP contribution in [-0.4, -0.2) is 34.3 Å². The fourth-order valence-corrected chi connectivity index (χ4v) is 4.27. The molecule has 28 heavy (non-hydrogen) atoms. The lowest BCUT2D eigenvalue weighted by molar-refractivity contribution is -0.134. The molecule has 4 amide bonds. The summed E-state index contributed by atoms with van der Waals surface area (Å²) in [6.07, 6.45) is 1.23. The van der Waals surface area contributed by atoms with Gasteiger partial charge in [-0.25, -0.2) is 4.79 Å². The first-order valence-corrected chi connectivity index (χ1v) is 9.29. The zero-order valence-electron chi connectivity index (χ0n) is 16.1. The Bertz CT molecular complexity index is 993. The predicted octanol–water partition coefficient (Wildman–Crippen LogP) is 2.34. The van der Waals surface area contributed by atoms with Gasteiger partial charge in [0.25, 0.3) is 5.91 Å². The highest BCUT2D eigenvalue weighted by atomic mass is 16.2. The third-order valence-corrected chi connectivity index (χ3v) is 5.51. The number of rotatable bonds is 3. The molecule has 1 aliphatic carbocycles. The van der Waals surface area contributed by atoms with Crippen molar-refractivity contribution in [3.8, 4) is 0 Å². The van der Waals surface area contributed by atoms with Crippen molar-refractivity contribution in [2.45, 2.75) is 39.2 Å². The summed E-state index contributed by atoms with van der Waals surface area (Å²) < 4.78 is 0. The number of anilines is 1. The molecule has 1 unspecified atom stereocenters. The van der Waals surface area contributed by atoms with Gasteiger partial charge < -0.3 is 10.6 Å². The van der Waals surface area contributed by atoms with Gasteiger partial charge in [0.15, 0.2) is 0 Å². The van der Waals surface area contributed by atoms with Gasteiger partial charge in [0.05, 0.1) is 11.4 Å². The molecule has 0 saturated carbocycles. The van der Waals surface area contributed by atoms with Crippen LogP contribution in [0.4, 0.5) is 10.5 Å². The Hall–Kier alpha value is -3.22. The maximum Gasteiger partial charge on any atom is 0.325 e. The molecule has 2 aromatic rings. The molecule has 7 heteroatoms. The van der Waals surface area contributed by atoms with Crippen LogP contribution in [0.25, 0.3) is 0 Å². The Morgan fingerprint density at radius 2 is 2.00 bits per heavy atom. The summed E-state index contributed by atoms with van der Waals surface area (Å²) >= 11 is 0. The summed E-state index contributed by atoms with van der Waals surface area (Å²) in [5.41, 5.74) is 3.89. The molecule has 0 bridgehead atoms. The van der Waals surface area contributed by atoms with Gasteiger partial charge in [-0.1, -0.05) is 24.3 Å². The van der Waals surface area contributed by atoms with Gasteiger partial charge in [-0.2, -0.15) is 0 Å². The standard InChI is InChI=1S/C21H22N4O3/c1-12-10-13(2)22-14(3)18(12)23-17(26)11-25-19(27)21(24-20(25)28)9-8-15-6-4-5-7-16(15)21/h4-7,10H,8-9,11H2,1-3H3,(H,23,26)(H,24,28). The predicted molar refractivity (Wildman–Crippen MR) is 104 cm³/mol. The number of fused-ring (bicyclic) bond motifs is 2. The van der Waals surface area contributed by atoms with Crippen LogP contribution in [-0.2, 0) is 21.5 Å². The largest absolute Gasteiger partial charge is 0.325 e. The quantitative estimate of drug-likeness (QED) is 0.802. The Morgan fingerprint density at radius 3 is 2.75 bits per heavy atom. The van der Waals surface area contributed by atoms with E-state index in [1.165, 1.54) is 0 Å².